The first-order chi connectivity index (χ1) is 10.8. The molecule has 0 unspecified atom stereocenters. The molecule has 1 fully saturated rings. The van der Waals surface area contributed by atoms with Crippen LogP contribution in [0.5, 0.6) is 0 Å². The normalized spacial score (nSPS) is 19.9. The molecule has 1 saturated heterocycles. The second-order valence-electron chi connectivity index (χ2n) is 7.46. The Kier molecular flexibility index (Phi) is 12.1. The molecule has 0 saturated carbocycles. The van der Waals surface area contributed by atoms with Crippen molar-refractivity contribution in [3.05, 3.63) is 0 Å². The van der Waals surface area contributed by atoms with E-state index in [9.17, 15) is 0 Å². The van der Waals surface area contributed by atoms with Crippen molar-refractivity contribution in [2.45, 2.75) is 116 Å². The van der Waals surface area contributed by atoms with E-state index in [1.54, 1.807) is 0 Å². The number of nitrogens with zero attached hydrogens (tertiary/aromatic N) is 1. The minimum absolute atomic E-state index is 0.427. The van der Waals surface area contributed by atoms with Crippen LogP contribution in [0.4, 0.5) is 0 Å². The van der Waals surface area contributed by atoms with Gasteiger partial charge in [-0.05, 0) is 32.2 Å². The van der Waals surface area contributed by atoms with Gasteiger partial charge < -0.3 is 5.73 Å². The number of unbranched alkanes of at least 4 members (excludes halogenated alkanes) is 8. The van der Waals surface area contributed by atoms with Gasteiger partial charge in [0.05, 0.1) is 0 Å². The molecule has 0 bridgehead atoms. The lowest BCUT2D eigenvalue weighted by molar-refractivity contribution is 0.130. The van der Waals surface area contributed by atoms with Crippen LogP contribution in [0, 0.1) is 0 Å². The van der Waals surface area contributed by atoms with Gasteiger partial charge in [0.1, 0.15) is 0 Å². The fraction of sp³-hybridized carbons (Fsp3) is 1.00. The van der Waals surface area contributed by atoms with Crippen LogP contribution in [0.2, 0.25) is 0 Å². The molecule has 1 aliphatic rings. The number of nitrogens with two attached hydrogens (primary N) is 1. The third-order valence-electron chi connectivity index (χ3n) is 5.29. The van der Waals surface area contributed by atoms with Crippen LogP contribution in [0.15, 0.2) is 0 Å². The molecule has 1 heterocycles. The summed E-state index contributed by atoms with van der Waals surface area (Å²) in [6, 6.07) is 1.24. The maximum absolute atomic E-state index is 6.21. The van der Waals surface area contributed by atoms with E-state index < -0.39 is 0 Å². The van der Waals surface area contributed by atoms with Crippen molar-refractivity contribution in [1.82, 2.24) is 4.90 Å². The summed E-state index contributed by atoms with van der Waals surface area (Å²) in [6.45, 7) is 7.04. The van der Waals surface area contributed by atoms with E-state index in [2.05, 4.69) is 18.7 Å². The molecule has 0 radical (unpaired) electrons. The summed E-state index contributed by atoms with van der Waals surface area (Å²) in [5, 5.41) is 0. The van der Waals surface area contributed by atoms with Gasteiger partial charge in [-0.15, -0.1) is 0 Å². The van der Waals surface area contributed by atoms with Crippen molar-refractivity contribution in [3.8, 4) is 0 Å². The highest BCUT2D eigenvalue weighted by atomic mass is 15.2. The van der Waals surface area contributed by atoms with Crippen LogP contribution in [0.1, 0.15) is 104 Å². The SMILES string of the molecule is CCCCCCCC(CCCCCCC)N1CCC[C@@H](N)C1. The first-order valence-electron chi connectivity index (χ1n) is 10.3. The van der Waals surface area contributed by atoms with Crippen molar-refractivity contribution in [2.24, 2.45) is 5.73 Å². The monoisotopic (exact) mass is 310 g/mol. The molecule has 0 aromatic heterocycles. The first-order valence-corrected chi connectivity index (χ1v) is 10.3. The molecule has 2 N–H and O–H groups in total. The smallest absolute Gasteiger partial charge is 0.0168 e. The van der Waals surface area contributed by atoms with Gasteiger partial charge >= 0.3 is 0 Å². The molecule has 0 aromatic rings. The van der Waals surface area contributed by atoms with E-state index >= 15 is 0 Å². The Morgan fingerprint density at radius 3 is 1.91 bits per heavy atom. The van der Waals surface area contributed by atoms with Gasteiger partial charge in [-0.2, -0.15) is 0 Å². The summed E-state index contributed by atoms with van der Waals surface area (Å²) < 4.78 is 0. The van der Waals surface area contributed by atoms with E-state index in [0.29, 0.717) is 6.04 Å². The summed E-state index contributed by atoms with van der Waals surface area (Å²) in [4.78, 5) is 2.73. The van der Waals surface area contributed by atoms with Gasteiger partial charge in [-0.1, -0.05) is 78.1 Å². The van der Waals surface area contributed by atoms with Crippen molar-refractivity contribution in [2.75, 3.05) is 13.1 Å². The summed E-state index contributed by atoms with van der Waals surface area (Å²) in [5.41, 5.74) is 6.21. The van der Waals surface area contributed by atoms with Crippen LogP contribution in [0.3, 0.4) is 0 Å². The molecule has 0 spiro atoms. The zero-order chi connectivity index (χ0) is 16.0. The zero-order valence-corrected chi connectivity index (χ0v) is 15.5. The predicted octanol–water partition coefficient (Wildman–Crippen LogP) is 5.50. The van der Waals surface area contributed by atoms with Crippen LogP contribution >= 0.6 is 0 Å². The Bertz CT molecular complexity index is 228. The minimum Gasteiger partial charge on any atom is -0.327 e. The molecule has 1 atom stereocenters. The van der Waals surface area contributed by atoms with Gasteiger partial charge in [0, 0.05) is 18.6 Å². The predicted molar refractivity (Wildman–Crippen MR) is 99.3 cm³/mol. The lowest BCUT2D eigenvalue weighted by atomic mass is 9.96. The summed E-state index contributed by atoms with van der Waals surface area (Å²) in [7, 11) is 0. The molecule has 2 heteroatoms. The van der Waals surface area contributed by atoms with E-state index in [4.69, 9.17) is 5.73 Å². The Morgan fingerprint density at radius 2 is 1.41 bits per heavy atom. The van der Waals surface area contributed by atoms with Crippen molar-refractivity contribution < 1.29 is 0 Å². The lowest BCUT2D eigenvalue weighted by Gasteiger charge is -2.37. The van der Waals surface area contributed by atoms with Gasteiger partial charge in [-0.25, -0.2) is 0 Å². The van der Waals surface area contributed by atoms with Gasteiger partial charge in [0.2, 0.25) is 0 Å². The Morgan fingerprint density at radius 1 is 0.864 bits per heavy atom. The van der Waals surface area contributed by atoms with Crippen LogP contribution in [-0.2, 0) is 0 Å². The van der Waals surface area contributed by atoms with Crippen molar-refractivity contribution in [1.29, 1.82) is 0 Å². The van der Waals surface area contributed by atoms with E-state index in [1.807, 2.05) is 0 Å². The second-order valence-corrected chi connectivity index (χ2v) is 7.46. The van der Waals surface area contributed by atoms with Crippen molar-refractivity contribution >= 4 is 0 Å². The highest BCUT2D eigenvalue weighted by Crippen LogP contribution is 2.21. The fourth-order valence-electron chi connectivity index (χ4n) is 3.85. The average Bonchev–Trinajstić information content (AvgIpc) is 2.52. The fourth-order valence-corrected chi connectivity index (χ4v) is 3.85. The molecular weight excluding hydrogens is 268 g/mol. The Labute approximate surface area is 140 Å². The number of rotatable bonds is 13. The van der Waals surface area contributed by atoms with Gasteiger partial charge in [-0.3, -0.25) is 4.90 Å². The molecule has 0 aliphatic carbocycles. The Balaban J connectivity index is 2.28. The second kappa shape index (κ2) is 13.4. The van der Waals surface area contributed by atoms with Crippen LogP contribution in [0.25, 0.3) is 0 Å². The third-order valence-corrected chi connectivity index (χ3v) is 5.29. The summed E-state index contributed by atoms with van der Waals surface area (Å²) in [6.07, 6.45) is 19.4. The van der Waals surface area contributed by atoms with Gasteiger partial charge in [0.25, 0.3) is 0 Å². The summed E-state index contributed by atoms with van der Waals surface area (Å²) in [5.74, 6) is 0. The largest absolute Gasteiger partial charge is 0.327 e. The topological polar surface area (TPSA) is 29.3 Å². The molecular formula is C20H42N2. The minimum atomic E-state index is 0.427. The average molecular weight is 311 g/mol. The highest BCUT2D eigenvalue weighted by molar-refractivity contribution is 4.81. The van der Waals surface area contributed by atoms with Crippen LogP contribution in [-0.4, -0.2) is 30.1 Å². The first kappa shape index (κ1) is 20.0. The Hall–Kier alpha value is -0.0800. The van der Waals surface area contributed by atoms with Crippen LogP contribution < -0.4 is 5.73 Å². The molecule has 1 aliphatic heterocycles. The highest BCUT2D eigenvalue weighted by Gasteiger charge is 2.23. The number of piperidine rings is 1. The van der Waals surface area contributed by atoms with E-state index in [0.717, 1.165) is 12.6 Å². The molecule has 2 nitrogen and oxygen atoms in total. The maximum Gasteiger partial charge on any atom is 0.0168 e. The number of hydrogen-bond acceptors (Lipinski definition) is 2. The maximum atomic E-state index is 6.21. The van der Waals surface area contributed by atoms with E-state index in [1.165, 1.54) is 96.4 Å². The molecule has 0 aromatic carbocycles. The van der Waals surface area contributed by atoms with Gasteiger partial charge in [0.15, 0.2) is 0 Å². The molecule has 22 heavy (non-hydrogen) atoms. The molecule has 0 amide bonds. The number of hydrogen-bond donors (Lipinski definition) is 1. The molecule has 1 rings (SSSR count). The quantitative estimate of drug-likeness (QED) is 0.455. The lowest BCUT2D eigenvalue weighted by Crippen LogP contribution is -2.47. The third kappa shape index (κ3) is 9.15. The number of likely N-dealkylation sites (tertiary alicyclic amines) is 1. The summed E-state index contributed by atoms with van der Waals surface area (Å²) >= 11 is 0. The molecule has 132 valence electrons. The standard InChI is InChI=1S/C20H42N2/c1-3-5-7-9-11-15-20(16-12-10-8-6-4-2)22-17-13-14-19(21)18-22/h19-20H,3-18,21H2,1-2H3/t19-/m1/s1. The van der Waals surface area contributed by atoms with Crippen molar-refractivity contribution in [3.63, 3.8) is 0 Å². The van der Waals surface area contributed by atoms with E-state index in [-0.39, 0.29) is 0 Å². The zero-order valence-electron chi connectivity index (χ0n) is 15.5.